The summed E-state index contributed by atoms with van der Waals surface area (Å²) in [5.74, 6) is 0.425. The topological polar surface area (TPSA) is 47.4 Å². The first kappa shape index (κ1) is 15.9. The van der Waals surface area contributed by atoms with Crippen LogP contribution in [0, 0.1) is 6.92 Å². The molecule has 118 valence electrons. The van der Waals surface area contributed by atoms with E-state index in [1.165, 1.54) is 20.0 Å². The van der Waals surface area contributed by atoms with Crippen LogP contribution in [0.2, 0.25) is 0 Å². The molecule has 0 fully saturated rings. The van der Waals surface area contributed by atoms with E-state index in [4.69, 9.17) is 4.74 Å². The minimum absolute atomic E-state index is 0.0858. The molecule has 22 heavy (non-hydrogen) atoms. The Morgan fingerprint density at radius 3 is 2.55 bits per heavy atom. The fourth-order valence-corrected chi connectivity index (χ4v) is 1.74. The smallest absolute Gasteiger partial charge is 0.410 e. The number of amides is 1. The van der Waals surface area contributed by atoms with Crippen molar-refractivity contribution in [3.63, 3.8) is 0 Å². The van der Waals surface area contributed by atoms with Crippen molar-refractivity contribution >= 4 is 11.9 Å². The summed E-state index contributed by atoms with van der Waals surface area (Å²) in [6, 6.07) is 9.75. The van der Waals surface area contributed by atoms with E-state index < -0.39 is 18.8 Å². The van der Waals surface area contributed by atoms with Gasteiger partial charge in [-0.2, -0.15) is 18.3 Å². The maximum absolute atomic E-state index is 12.4. The Morgan fingerprint density at radius 1 is 1.32 bits per heavy atom. The summed E-state index contributed by atoms with van der Waals surface area (Å²) in [4.78, 5) is 13.0. The summed E-state index contributed by atoms with van der Waals surface area (Å²) >= 11 is 0. The second kappa shape index (κ2) is 6.08. The van der Waals surface area contributed by atoms with E-state index in [1.54, 1.807) is 30.3 Å². The van der Waals surface area contributed by atoms with E-state index in [0.717, 1.165) is 9.58 Å². The molecule has 0 atom stereocenters. The Bertz CT molecular complexity index is 653. The second-order valence-electron chi connectivity index (χ2n) is 4.66. The number of hydrogen-bond donors (Lipinski definition) is 0. The fraction of sp³-hybridized carbons (Fsp3) is 0.286. The summed E-state index contributed by atoms with van der Waals surface area (Å²) in [7, 11) is 1.38. The van der Waals surface area contributed by atoms with Crippen LogP contribution in [0.25, 0.3) is 0 Å². The van der Waals surface area contributed by atoms with E-state index in [2.05, 4.69) is 5.10 Å². The molecule has 1 aromatic carbocycles. The zero-order valence-corrected chi connectivity index (χ0v) is 12.0. The molecule has 0 radical (unpaired) electrons. The molecule has 2 rings (SSSR count). The number of aromatic nitrogens is 2. The van der Waals surface area contributed by atoms with Crippen LogP contribution in [-0.2, 0) is 6.54 Å². The molecule has 0 N–H and O–H groups in total. The monoisotopic (exact) mass is 313 g/mol. The number of aryl methyl sites for hydroxylation is 1. The van der Waals surface area contributed by atoms with Crippen molar-refractivity contribution in [2.24, 2.45) is 0 Å². The average Bonchev–Trinajstić information content (AvgIpc) is 2.78. The number of anilines is 1. The Morgan fingerprint density at radius 2 is 1.95 bits per heavy atom. The van der Waals surface area contributed by atoms with Crippen molar-refractivity contribution < 1.29 is 22.7 Å². The standard InChI is InChI=1S/C14H14F3N3O2/c1-10-8-12(18-20(10)9-14(15,16)17)19(2)13(21)22-11-6-4-3-5-7-11/h3-8H,9H2,1-2H3. The zero-order chi connectivity index (χ0) is 16.3. The van der Waals surface area contributed by atoms with Crippen LogP contribution in [-0.4, -0.2) is 29.1 Å². The van der Waals surface area contributed by atoms with Gasteiger partial charge in [0, 0.05) is 18.8 Å². The summed E-state index contributed by atoms with van der Waals surface area (Å²) < 4.78 is 43.1. The van der Waals surface area contributed by atoms with Crippen molar-refractivity contribution in [3.8, 4) is 5.75 Å². The molecule has 0 aliphatic rings. The van der Waals surface area contributed by atoms with Gasteiger partial charge in [0.15, 0.2) is 5.82 Å². The van der Waals surface area contributed by atoms with Crippen LogP contribution in [0.15, 0.2) is 36.4 Å². The highest BCUT2D eigenvalue weighted by Crippen LogP contribution is 2.21. The highest BCUT2D eigenvalue weighted by Gasteiger charge is 2.30. The maximum Gasteiger partial charge on any atom is 0.420 e. The molecule has 8 heteroatoms. The van der Waals surface area contributed by atoms with Gasteiger partial charge in [-0.05, 0) is 19.1 Å². The quantitative estimate of drug-likeness (QED) is 0.872. The number of hydrogen-bond acceptors (Lipinski definition) is 3. The minimum atomic E-state index is -4.38. The molecular formula is C14H14F3N3O2. The molecule has 0 unspecified atom stereocenters. The normalized spacial score (nSPS) is 11.3. The average molecular weight is 313 g/mol. The molecule has 0 saturated heterocycles. The number of para-hydroxylation sites is 1. The number of carbonyl (C=O) groups excluding carboxylic acids is 1. The molecule has 1 amide bonds. The fourth-order valence-electron chi connectivity index (χ4n) is 1.74. The molecule has 2 aromatic rings. The Hall–Kier alpha value is -2.51. The van der Waals surface area contributed by atoms with Crippen LogP contribution in [0.3, 0.4) is 0 Å². The minimum Gasteiger partial charge on any atom is -0.410 e. The number of halogens is 3. The van der Waals surface area contributed by atoms with Gasteiger partial charge in [-0.15, -0.1) is 0 Å². The zero-order valence-electron chi connectivity index (χ0n) is 12.0. The van der Waals surface area contributed by atoms with Gasteiger partial charge >= 0.3 is 12.3 Å². The van der Waals surface area contributed by atoms with Gasteiger partial charge < -0.3 is 4.74 Å². The van der Waals surface area contributed by atoms with Crippen molar-refractivity contribution in [3.05, 3.63) is 42.1 Å². The lowest BCUT2D eigenvalue weighted by atomic mass is 10.3. The predicted molar refractivity (Wildman–Crippen MR) is 73.9 cm³/mol. The lowest BCUT2D eigenvalue weighted by Gasteiger charge is -2.14. The van der Waals surface area contributed by atoms with Crippen LogP contribution in [0.4, 0.5) is 23.8 Å². The number of carbonyl (C=O) groups is 1. The van der Waals surface area contributed by atoms with Crippen molar-refractivity contribution in [1.82, 2.24) is 9.78 Å². The van der Waals surface area contributed by atoms with Crippen LogP contribution in [0.1, 0.15) is 5.69 Å². The highest BCUT2D eigenvalue weighted by molar-refractivity contribution is 5.87. The van der Waals surface area contributed by atoms with Gasteiger partial charge in [-0.3, -0.25) is 9.58 Å². The van der Waals surface area contributed by atoms with E-state index >= 15 is 0 Å². The van der Waals surface area contributed by atoms with Crippen LogP contribution < -0.4 is 9.64 Å². The molecule has 0 spiro atoms. The third kappa shape index (κ3) is 4.00. The number of benzene rings is 1. The molecule has 0 saturated carbocycles. The van der Waals surface area contributed by atoms with Gasteiger partial charge in [0.05, 0.1) is 0 Å². The van der Waals surface area contributed by atoms with Crippen molar-refractivity contribution in [2.75, 3.05) is 11.9 Å². The number of rotatable bonds is 3. The largest absolute Gasteiger partial charge is 0.420 e. The third-order valence-corrected chi connectivity index (χ3v) is 2.86. The van der Waals surface area contributed by atoms with Crippen LogP contribution >= 0.6 is 0 Å². The number of nitrogens with zero attached hydrogens (tertiary/aromatic N) is 3. The summed E-state index contributed by atoms with van der Waals surface area (Å²) in [6.45, 7) is 0.277. The third-order valence-electron chi connectivity index (χ3n) is 2.86. The first-order valence-electron chi connectivity index (χ1n) is 6.38. The lowest BCUT2D eigenvalue weighted by Crippen LogP contribution is -2.30. The van der Waals surface area contributed by atoms with E-state index in [9.17, 15) is 18.0 Å². The molecule has 1 aromatic heterocycles. The molecule has 1 heterocycles. The number of alkyl halides is 3. The first-order valence-corrected chi connectivity index (χ1v) is 6.38. The Labute approximate surface area is 124 Å². The van der Waals surface area contributed by atoms with E-state index in [0.29, 0.717) is 11.4 Å². The maximum atomic E-state index is 12.4. The summed E-state index contributed by atoms with van der Waals surface area (Å²) in [6.07, 6.45) is -5.11. The molecule has 0 aliphatic carbocycles. The van der Waals surface area contributed by atoms with Gasteiger partial charge in [-0.1, -0.05) is 18.2 Å². The SMILES string of the molecule is Cc1cc(N(C)C(=O)Oc2ccccc2)nn1CC(F)(F)F. The predicted octanol–water partition coefficient (Wildman–Crippen LogP) is 3.39. The summed E-state index contributed by atoms with van der Waals surface area (Å²) in [5, 5.41) is 3.78. The second-order valence-corrected chi connectivity index (χ2v) is 4.66. The van der Waals surface area contributed by atoms with Gasteiger partial charge in [0.25, 0.3) is 0 Å². The van der Waals surface area contributed by atoms with Gasteiger partial charge in [0.2, 0.25) is 0 Å². The van der Waals surface area contributed by atoms with Gasteiger partial charge in [-0.25, -0.2) is 4.79 Å². The molecule has 0 aliphatic heterocycles. The number of ether oxygens (including phenoxy) is 1. The molecular weight excluding hydrogens is 299 g/mol. The summed E-state index contributed by atoms with van der Waals surface area (Å²) in [5.41, 5.74) is 0.298. The Balaban J connectivity index is 2.11. The van der Waals surface area contributed by atoms with Crippen molar-refractivity contribution in [1.29, 1.82) is 0 Å². The van der Waals surface area contributed by atoms with Crippen LogP contribution in [0.5, 0.6) is 5.75 Å². The first-order chi connectivity index (χ1) is 10.3. The highest BCUT2D eigenvalue weighted by atomic mass is 19.4. The van der Waals surface area contributed by atoms with Crippen molar-refractivity contribution in [2.45, 2.75) is 19.6 Å². The van der Waals surface area contributed by atoms with E-state index in [1.807, 2.05) is 0 Å². The molecule has 5 nitrogen and oxygen atoms in total. The van der Waals surface area contributed by atoms with Gasteiger partial charge in [0.1, 0.15) is 12.3 Å². The van der Waals surface area contributed by atoms with E-state index in [-0.39, 0.29) is 5.82 Å². The lowest BCUT2D eigenvalue weighted by molar-refractivity contribution is -0.142. The Kier molecular flexibility index (Phi) is 4.39. The molecule has 0 bridgehead atoms.